The third-order valence-electron chi connectivity index (χ3n) is 1.16. The van der Waals surface area contributed by atoms with Crippen LogP contribution in [0, 0.1) is 0 Å². The summed E-state index contributed by atoms with van der Waals surface area (Å²) in [4.78, 5) is 11.1. The Kier molecular flexibility index (Phi) is 6.23. The van der Waals surface area contributed by atoms with Gasteiger partial charge in [0.25, 0.3) is 0 Å². The van der Waals surface area contributed by atoms with Crippen molar-refractivity contribution in [1.82, 2.24) is 10.9 Å². The molecular formula is C9H20N2O3. The molecule has 0 saturated heterocycles. The zero-order valence-corrected chi connectivity index (χ0v) is 9.35. The van der Waals surface area contributed by atoms with Crippen LogP contribution in [-0.4, -0.2) is 31.5 Å². The minimum absolute atomic E-state index is 0.467. The van der Waals surface area contributed by atoms with Crippen molar-refractivity contribution in [2.24, 2.45) is 0 Å². The van der Waals surface area contributed by atoms with E-state index in [1.165, 1.54) is 0 Å². The standard InChI is InChI=1S/C9H20N2O3/c1-5-13-7-6-10-11-8(12)14-9(2,3)4/h10H,5-7H2,1-4H3,(H,11,12). The highest BCUT2D eigenvalue weighted by Crippen LogP contribution is 2.05. The molecule has 0 spiro atoms. The van der Waals surface area contributed by atoms with Crippen LogP contribution in [0.25, 0.3) is 0 Å². The van der Waals surface area contributed by atoms with E-state index in [1.807, 2.05) is 27.7 Å². The molecule has 0 aromatic heterocycles. The summed E-state index contributed by atoms with van der Waals surface area (Å²) in [6.07, 6.45) is -0.478. The molecule has 5 nitrogen and oxygen atoms in total. The van der Waals surface area contributed by atoms with E-state index in [0.29, 0.717) is 19.8 Å². The van der Waals surface area contributed by atoms with Gasteiger partial charge in [0, 0.05) is 13.2 Å². The number of carbonyl (C=O) groups is 1. The second kappa shape index (κ2) is 6.62. The van der Waals surface area contributed by atoms with Gasteiger partial charge in [0.2, 0.25) is 0 Å². The third-order valence-corrected chi connectivity index (χ3v) is 1.16. The molecule has 14 heavy (non-hydrogen) atoms. The smallest absolute Gasteiger partial charge is 0.422 e. The monoisotopic (exact) mass is 204 g/mol. The van der Waals surface area contributed by atoms with Crippen molar-refractivity contribution in [2.45, 2.75) is 33.3 Å². The predicted molar refractivity (Wildman–Crippen MR) is 53.9 cm³/mol. The maximum Gasteiger partial charge on any atom is 0.422 e. The zero-order chi connectivity index (χ0) is 11.0. The molecule has 0 aromatic carbocycles. The summed E-state index contributed by atoms with van der Waals surface area (Å²) in [7, 11) is 0. The molecule has 1 amide bonds. The molecule has 0 atom stereocenters. The van der Waals surface area contributed by atoms with Crippen molar-refractivity contribution in [3.63, 3.8) is 0 Å². The summed E-state index contributed by atoms with van der Waals surface area (Å²) in [5.41, 5.74) is 4.63. The maximum absolute atomic E-state index is 11.1. The highest BCUT2D eigenvalue weighted by Gasteiger charge is 2.15. The van der Waals surface area contributed by atoms with Crippen LogP contribution in [0.3, 0.4) is 0 Å². The molecular weight excluding hydrogens is 184 g/mol. The number of rotatable bonds is 5. The van der Waals surface area contributed by atoms with Gasteiger partial charge in [-0.05, 0) is 27.7 Å². The van der Waals surface area contributed by atoms with Crippen LogP contribution in [0.2, 0.25) is 0 Å². The number of amides is 1. The highest BCUT2D eigenvalue weighted by molar-refractivity contribution is 5.66. The topological polar surface area (TPSA) is 59.6 Å². The number of nitrogens with one attached hydrogen (secondary N) is 2. The van der Waals surface area contributed by atoms with Gasteiger partial charge in [0.1, 0.15) is 5.60 Å². The SMILES string of the molecule is CCOCCNNC(=O)OC(C)(C)C. The second-order valence-electron chi connectivity index (χ2n) is 3.75. The van der Waals surface area contributed by atoms with Crippen molar-refractivity contribution in [1.29, 1.82) is 0 Å². The van der Waals surface area contributed by atoms with Gasteiger partial charge in [-0.2, -0.15) is 0 Å². The van der Waals surface area contributed by atoms with Gasteiger partial charge < -0.3 is 9.47 Å². The second-order valence-corrected chi connectivity index (χ2v) is 3.75. The number of hydrogen-bond donors (Lipinski definition) is 2. The fraction of sp³-hybridized carbons (Fsp3) is 0.889. The van der Waals surface area contributed by atoms with Crippen LogP contribution in [0.4, 0.5) is 4.79 Å². The fourth-order valence-electron chi connectivity index (χ4n) is 0.706. The van der Waals surface area contributed by atoms with Gasteiger partial charge >= 0.3 is 6.09 Å². The molecule has 0 bridgehead atoms. The third kappa shape index (κ3) is 9.28. The van der Waals surface area contributed by atoms with E-state index in [2.05, 4.69) is 10.9 Å². The van der Waals surface area contributed by atoms with Crippen LogP contribution < -0.4 is 10.9 Å². The molecule has 0 unspecified atom stereocenters. The Morgan fingerprint density at radius 3 is 2.50 bits per heavy atom. The molecule has 0 saturated carbocycles. The van der Waals surface area contributed by atoms with E-state index >= 15 is 0 Å². The first-order valence-corrected chi connectivity index (χ1v) is 4.75. The largest absolute Gasteiger partial charge is 0.443 e. The first kappa shape index (κ1) is 13.2. The van der Waals surface area contributed by atoms with E-state index in [1.54, 1.807) is 0 Å². The summed E-state index contributed by atoms with van der Waals surface area (Å²) >= 11 is 0. The predicted octanol–water partition coefficient (Wildman–Crippen LogP) is 1.05. The van der Waals surface area contributed by atoms with E-state index in [-0.39, 0.29) is 0 Å². The van der Waals surface area contributed by atoms with E-state index in [0.717, 1.165) is 0 Å². The van der Waals surface area contributed by atoms with Crippen molar-refractivity contribution in [2.75, 3.05) is 19.8 Å². The number of hydrazine groups is 1. The molecule has 0 aliphatic heterocycles. The van der Waals surface area contributed by atoms with Gasteiger partial charge in [-0.15, -0.1) is 0 Å². The molecule has 0 radical (unpaired) electrons. The molecule has 2 N–H and O–H groups in total. The molecule has 5 heteroatoms. The summed E-state index contributed by atoms with van der Waals surface area (Å²) in [6, 6.07) is 0. The minimum atomic E-state index is -0.478. The Morgan fingerprint density at radius 1 is 1.36 bits per heavy atom. The Hall–Kier alpha value is -0.810. The quantitative estimate of drug-likeness (QED) is 0.519. The van der Waals surface area contributed by atoms with E-state index in [4.69, 9.17) is 9.47 Å². The van der Waals surface area contributed by atoms with Crippen LogP contribution in [0.5, 0.6) is 0 Å². The van der Waals surface area contributed by atoms with Crippen LogP contribution in [-0.2, 0) is 9.47 Å². The van der Waals surface area contributed by atoms with E-state index < -0.39 is 11.7 Å². The molecule has 84 valence electrons. The lowest BCUT2D eigenvalue weighted by molar-refractivity contribution is 0.0489. The van der Waals surface area contributed by atoms with Crippen LogP contribution in [0.1, 0.15) is 27.7 Å². The molecule has 0 heterocycles. The van der Waals surface area contributed by atoms with Gasteiger partial charge in [-0.1, -0.05) is 0 Å². The molecule has 0 aromatic rings. The van der Waals surface area contributed by atoms with Gasteiger partial charge in [0.15, 0.2) is 0 Å². The van der Waals surface area contributed by atoms with Gasteiger partial charge in [-0.25, -0.2) is 10.2 Å². The van der Waals surface area contributed by atoms with Crippen molar-refractivity contribution in [3.8, 4) is 0 Å². The number of ether oxygens (including phenoxy) is 2. The maximum atomic E-state index is 11.1. The lowest BCUT2D eigenvalue weighted by atomic mass is 10.2. The average molecular weight is 204 g/mol. The fourth-order valence-corrected chi connectivity index (χ4v) is 0.706. The summed E-state index contributed by atoms with van der Waals surface area (Å²) in [6.45, 7) is 9.15. The molecule has 0 aliphatic carbocycles. The number of hydrogen-bond acceptors (Lipinski definition) is 4. The first-order valence-electron chi connectivity index (χ1n) is 4.75. The lowest BCUT2D eigenvalue weighted by Gasteiger charge is -2.19. The zero-order valence-electron chi connectivity index (χ0n) is 9.35. The van der Waals surface area contributed by atoms with Crippen LogP contribution in [0.15, 0.2) is 0 Å². The van der Waals surface area contributed by atoms with Crippen LogP contribution >= 0.6 is 0 Å². The Balaban J connectivity index is 3.36. The Morgan fingerprint density at radius 2 is 2.00 bits per heavy atom. The van der Waals surface area contributed by atoms with Crippen molar-refractivity contribution in [3.05, 3.63) is 0 Å². The lowest BCUT2D eigenvalue weighted by Crippen LogP contribution is -2.42. The molecule has 0 rings (SSSR count). The van der Waals surface area contributed by atoms with Gasteiger partial charge in [-0.3, -0.25) is 5.43 Å². The molecule has 0 aliphatic rings. The average Bonchev–Trinajstić information content (AvgIpc) is 2.00. The van der Waals surface area contributed by atoms with Gasteiger partial charge in [0.05, 0.1) is 6.61 Å². The van der Waals surface area contributed by atoms with Crippen molar-refractivity contribution < 1.29 is 14.3 Å². The normalized spacial score (nSPS) is 11.1. The highest BCUT2D eigenvalue weighted by atomic mass is 16.6. The summed E-state index contributed by atoms with van der Waals surface area (Å²) < 4.78 is 10.1. The first-order chi connectivity index (χ1) is 6.45. The Bertz CT molecular complexity index is 166. The molecule has 0 fully saturated rings. The Labute approximate surface area is 85.1 Å². The van der Waals surface area contributed by atoms with E-state index in [9.17, 15) is 4.79 Å². The number of carbonyl (C=O) groups excluding carboxylic acids is 1. The summed E-state index contributed by atoms with van der Waals surface area (Å²) in [5.74, 6) is 0. The van der Waals surface area contributed by atoms with Crippen molar-refractivity contribution >= 4 is 6.09 Å². The minimum Gasteiger partial charge on any atom is -0.443 e. The summed E-state index contributed by atoms with van der Waals surface area (Å²) in [5, 5.41) is 0.